The lowest BCUT2D eigenvalue weighted by atomic mass is 10.0. The molecule has 0 heterocycles. The molecule has 0 fully saturated rings. The number of aryl methyl sites for hydroxylation is 1. The van der Waals surface area contributed by atoms with E-state index in [0.717, 1.165) is 0 Å². The van der Waals surface area contributed by atoms with Crippen molar-refractivity contribution in [3.63, 3.8) is 0 Å². The third-order valence-electron chi connectivity index (χ3n) is 2.61. The molecule has 0 unspecified atom stereocenters. The number of rotatable bonds is 2. The van der Waals surface area contributed by atoms with Crippen LogP contribution in [-0.4, -0.2) is 0 Å². The van der Waals surface area contributed by atoms with Crippen molar-refractivity contribution in [1.82, 2.24) is 0 Å². The van der Waals surface area contributed by atoms with Gasteiger partial charge in [0.15, 0.2) is 0 Å². The Balaban J connectivity index is 0.000000165. The number of benzene rings is 1. The largest absolute Gasteiger partial charge is 0.0842 e. The second kappa shape index (κ2) is 7.92. The van der Waals surface area contributed by atoms with E-state index in [4.69, 9.17) is 0 Å². The van der Waals surface area contributed by atoms with Gasteiger partial charge < -0.3 is 0 Å². The second-order valence-electron chi connectivity index (χ2n) is 4.20. The van der Waals surface area contributed by atoms with Crippen LogP contribution in [0.4, 0.5) is 0 Å². The summed E-state index contributed by atoms with van der Waals surface area (Å²) in [4.78, 5) is 0. The summed E-state index contributed by atoms with van der Waals surface area (Å²) in [6.07, 6.45) is 11.8. The number of allylic oxidation sites excluding steroid dienone is 4. The molecule has 0 aliphatic heterocycles. The van der Waals surface area contributed by atoms with E-state index in [-0.39, 0.29) is 0 Å². The van der Waals surface area contributed by atoms with Crippen molar-refractivity contribution in [2.45, 2.75) is 39.5 Å². The van der Waals surface area contributed by atoms with Crippen LogP contribution in [0.1, 0.15) is 38.2 Å². The summed E-state index contributed by atoms with van der Waals surface area (Å²) in [6.45, 7) is 4.32. The second-order valence-corrected chi connectivity index (χ2v) is 4.20. The van der Waals surface area contributed by atoms with Crippen molar-refractivity contribution in [2.24, 2.45) is 0 Å². The van der Waals surface area contributed by atoms with E-state index in [1.165, 1.54) is 31.2 Å². The van der Waals surface area contributed by atoms with Gasteiger partial charge in [0.05, 0.1) is 0 Å². The van der Waals surface area contributed by atoms with Gasteiger partial charge in [-0.2, -0.15) is 0 Å². The first-order valence-corrected chi connectivity index (χ1v) is 6.19. The molecule has 0 bridgehead atoms. The molecular formula is C16H22. The summed E-state index contributed by atoms with van der Waals surface area (Å²) >= 11 is 0. The molecule has 2 rings (SSSR count). The van der Waals surface area contributed by atoms with Gasteiger partial charge in [0.1, 0.15) is 0 Å². The first kappa shape index (κ1) is 12.8. The Hall–Kier alpha value is -1.30. The van der Waals surface area contributed by atoms with Crippen LogP contribution in [0, 0.1) is 6.92 Å². The molecule has 86 valence electrons. The van der Waals surface area contributed by atoms with Gasteiger partial charge in [0.2, 0.25) is 0 Å². The fourth-order valence-corrected chi connectivity index (χ4v) is 1.72. The summed E-state index contributed by atoms with van der Waals surface area (Å²) in [5, 5.41) is 0. The highest BCUT2D eigenvalue weighted by molar-refractivity contribution is 5.17. The average molecular weight is 214 g/mol. The Bertz CT molecular complexity index is 330. The number of hydrogen-bond donors (Lipinski definition) is 0. The standard InChI is InChI=1S/C9H14.C7H8/c1-2-6-9-7-4-3-5-8-9;1-7-5-3-2-4-6-7/h3-4,7H,2,5-6,8H2,1H3;2-6H,1H3. The first-order valence-electron chi connectivity index (χ1n) is 6.19. The zero-order valence-electron chi connectivity index (χ0n) is 10.4. The molecule has 0 heteroatoms. The van der Waals surface area contributed by atoms with Gasteiger partial charge in [-0.3, -0.25) is 0 Å². The minimum Gasteiger partial charge on any atom is -0.0842 e. The highest BCUT2D eigenvalue weighted by Crippen LogP contribution is 2.15. The Labute approximate surface area is 99.7 Å². The van der Waals surface area contributed by atoms with Crippen LogP contribution in [0.5, 0.6) is 0 Å². The van der Waals surface area contributed by atoms with Crippen molar-refractivity contribution in [3.8, 4) is 0 Å². The Morgan fingerprint density at radius 1 is 1.12 bits per heavy atom. The van der Waals surface area contributed by atoms with Crippen LogP contribution in [0.15, 0.2) is 54.1 Å². The van der Waals surface area contributed by atoms with Crippen LogP contribution in [0.25, 0.3) is 0 Å². The van der Waals surface area contributed by atoms with Crippen LogP contribution in [-0.2, 0) is 0 Å². The molecule has 0 nitrogen and oxygen atoms in total. The molecule has 1 aromatic carbocycles. The molecule has 0 saturated heterocycles. The topological polar surface area (TPSA) is 0 Å². The molecule has 0 aromatic heterocycles. The van der Waals surface area contributed by atoms with Gasteiger partial charge >= 0.3 is 0 Å². The maximum absolute atomic E-state index is 2.26. The van der Waals surface area contributed by atoms with Gasteiger partial charge in [-0.05, 0) is 26.2 Å². The van der Waals surface area contributed by atoms with Crippen molar-refractivity contribution in [3.05, 3.63) is 59.7 Å². The van der Waals surface area contributed by atoms with E-state index < -0.39 is 0 Å². The third kappa shape index (κ3) is 5.55. The lowest BCUT2D eigenvalue weighted by molar-refractivity contribution is 0.821. The Morgan fingerprint density at radius 2 is 1.88 bits per heavy atom. The van der Waals surface area contributed by atoms with Gasteiger partial charge in [0, 0.05) is 0 Å². The normalized spacial score (nSPS) is 13.8. The summed E-state index contributed by atoms with van der Waals surface area (Å²) in [6, 6.07) is 10.3. The van der Waals surface area contributed by atoms with Crippen LogP contribution < -0.4 is 0 Å². The molecule has 0 saturated carbocycles. The van der Waals surface area contributed by atoms with Crippen molar-refractivity contribution >= 4 is 0 Å². The van der Waals surface area contributed by atoms with E-state index in [0.29, 0.717) is 0 Å². The highest BCUT2D eigenvalue weighted by Gasteiger charge is 1.95. The van der Waals surface area contributed by atoms with Gasteiger partial charge in [0.25, 0.3) is 0 Å². The van der Waals surface area contributed by atoms with Crippen molar-refractivity contribution in [1.29, 1.82) is 0 Å². The third-order valence-corrected chi connectivity index (χ3v) is 2.61. The van der Waals surface area contributed by atoms with E-state index in [9.17, 15) is 0 Å². The zero-order valence-corrected chi connectivity index (χ0v) is 10.4. The van der Waals surface area contributed by atoms with Gasteiger partial charge in [-0.25, -0.2) is 0 Å². The predicted molar refractivity (Wildman–Crippen MR) is 72.5 cm³/mol. The molecule has 0 atom stereocenters. The van der Waals surface area contributed by atoms with E-state index in [2.05, 4.69) is 44.2 Å². The molecule has 0 spiro atoms. The fourth-order valence-electron chi connectivity index (χ4n) is 1.72. The summed E-state index contributed by atoms with van der Waals surface area (Å²) < 4.78 is 0. The molecule has 1 aliphatic rings. The van der Waals surface area contributed by atoms with E-state index in [1.54, 1.807) is 5.57 Å². The minimum absolute atomic E-state index is 1.26. The monoisotopic (exact) mass is 214 g/mol. The predicted octanol–water partition coefficient (Wildman–Crippen LogP) is 5.06. The Morgan fingerprint density at radius 3 is 2.31 bits per heavy atom. The summed E-state index contributed by atoms with van der Waals surface area (Å²) in [5.41, 5.74) is 2.95. The molecule has 1 aromatic rings. The fraction of sp³-hybridized carbons (Fsp3) is 0.375. The quantitative estimate of drug-likeness (QED) is 0.645. The Kier molecular flexibility index (Phi) is 6.32. The SMILES string of the molecule is CCCC1=CC=CCC1.Cc1ccccc1. The van der Waals surface area contributed by atoms with Crippen LogP contribution in [0.3, 0.4) is 0 Å². The maximum Gasteiger partial charge on any atom is -0.0282 e. The molecule has 16 heavy (non-hydrogen) atoms. The smallest absolute Gasteiger partial charge is 0.0282 e. The highest BCUT2D eigenvalue weighted by atomic mass is 14.0. The minimum atomic E-state index is 1.26. The molecular weight excluding hydrogens is 192 g/mol. The van der Waals surface area contributed by atoms with Crippen molar-refractivity contribution < 1.29 is 0 Å². The first-order chi connectivity index (χ1) is 7.83. The molecule has 0 N–H and O–H groups in total. The molecule has 1 aliphatic carbocycles. The summed E-state index contributed by atoms with van der Waals surface area (Å²) in [5.74, 6) is 0. The maximum atomic E-state index is 2.26. The lowest BCUT2D eigenvalue weighted by Crippen LogP contribution is -1.85. The zero-order chi connectivity index (χ0) is 11.6. The van der Waals surface area contributed by atoms with Crippen molar-refractivity contribution in [2.75, 3.05) is 0 Å². The van der Waals surface area contributed by atoms with Gasteiger partial charge in [-0.15, -0.1) is 0 Å². The molecule has 0 amide bonds. The van der Waals surface area contributed by atoms with E-state index >= 15 is 0 Å². The average Bonchev–Trinajstić information content (AvgIpc) is 2.33. The van der Waals surface area contributed by atoms with Crippen LogP contribution >= 0.6 is 0 Å². The molecule has 0 radical (unpaired) electrons. The lowest BCUT2D eigenvalue weighted by Gasteiger charge is -2.05. The summed E-state index contributed by atoms with van der Waals surface area (Å²) in [7, 11) is 0. The van der Waals surface area contributed by atoms with Crippen LogP contribution in [0.2, 0.25) is 0 Å². The van der Waals surface area contributed by atoms with E-state index in [1.807, 2.05) is 18.2 Å². The number of hydrogen-bond acceptors (Lipinski definition) is 0. The van der Waals surface area contributed by atoms with Gasteiger partial charge in [-0.1, -0.05) is 73.0 Å².